The molecular formula is C17H16ClN3O. The highest BCUT2D eigenvalue weighted by Gasteiger charge is 2.14. The zero-order chi connectivity index (χ0) is 15.5. The highest BCUT2D eigenvalue weighted by atomic mass is 35.5. The standard InChI is InChI=1S/C17H16ClN3O/c1-11(22-12-6-3-2-4-7-12)10-15-16-13(19)8-5-9-14(16)20-17(18)21-15/h2-9,11H,10,19H2,1H3. The molecule has 112 valence electrons. The van der Waals surface area contributed by atoms with Crippen molar-refractivity contribution in [2.45, 2.75) is 19.4 Å². The summed E-state index contributed by atoms with van der Waals surface area (Å²) in [5.74, 6) is 0.826. The van der Waals surface area contributed by atoms with Crippen LogP contribution in [-0.2, 0) is 6.42 Å². The lowest BCUT2D eigenvalue weighted by atomic mass is 10.1. The molecule has 1 heterocycles. The van der Waals surface area contributed by atoms with E-state index in [-0.39, 0.29) is 11.4 Å². The van der Waals surface area contributed by atoms with E-state index < -0.39 is 0 Å². The molecule has 0 saturated carbocycles. The van der Waals surface area contributed by atoms with Crippen molar-refractivity contribution in [3.05, 3.63) is 59.5 Å². The second kappa shape index (κ2) is 6.20. The summed E-state index contributed by atoms with van der Waals surface area (Å²) >= 11 is 6.02. The van der Waals surface area contributed by atoms with Crippen molar-refractivity contribution in [2.75, 3.05) is 5.73 Å². The van der Waals surface area contributed by atoms with Gasteiger partial charge < -0.3 is 10.5 Å². The quantitative estimate of drug-likeness (QED) is 0.586. The first-order valence-electron chi connectivity index (χ1n) is 7.06. The number of rotatable bonds is 4. The molecule has 0 aliphatic heterocycles. The molecule has 5 heteroatoms. The van der Waals surface area contributed by atoms with Crippen LogP contribution in [0.4, 0.5) is 5.69 Å². The van der Waals surface area contributed by atoms with E-state index in [2.05, 4.69) is 9.97 Å². The van der Waals surface area contributed by atoms with Gasteiger partial charge in [-0.1, -0.05) is 24.3 Å². The molecule has 0 fully saturated rings. The summed E-state index contributed by atoms with van der Waals surface area (Å²) in [5.41, 5.74) is 8.27. The predicted octanol–water partition coefficient (Wildman–Crippen LogP) is 3.88. The smallest absolute Gasteiger partial charge is 0.223 e. The maximum absolute atomic E-state index is 6.07. The number of nitrogen functional groups attached to an aromatic ring is 1. The lowest BCUT2D eigenvalue weighted by molar-refractivity contribution is 0.221. The molecule has 0 amide bonds. The molecule has 1 aromatic heterocycles. The van der Waals surface area contributed by atoms with Crippen molar-refractivity contribution in [3.8, 4) is 5.75 Å². The Labute approximate surface area is 133 Å². The van der Waals surface area contributed by atoms with Crippen molar-refractivity contribution in [1.82, 2.24) is 9.97 Å². The van der Waals surface area contributed by atoms with Crippen LogP contribution in [0.25, 0.3) is 10.9 Å². The molecule has 0 bridgehead atoms. The van der Waals surface area contributed by atoms with E-state index in [1.165, 1.54) is 0 Å². The molecule has 22 heavy (non-hydrogen) atoms. The van der Waals surface area contributed by atoms with Gasteiger partial charge in [0, 0.05) is 17.5 Å². The summed E-state index contributed by atoms with van der Waals surface area (Å²) in [7, 11) is 0. The third kappa shape index (κ3) is 3.12. The van der Waals surface area contributed by atoms with Crippen LogP contribution in [0.3, 0.4) is 0 Å². The van der Waals surface area contributed by atoms with Gasteiger partial charge in [-0.05, 0) is 42.8 Å². The van der Waals surface area contributed by atoms with Gasteiger partial charge in [0.1, 0.15) is 11.9 Å². The van der Waals surface area contributed by atoms with Crippen LogP contribution in [0.15, 0.2) is 48.5 Å². The predicted molar refractivity (Wildman–Crippen MR) is 89.2 cm³/mol. The van der Waals surface area contributed by atoms with Crippen molar-refractivity contribution in [1.29, 1.82) is 0 Å². The Hall–Kier alpha value is -2.33. The number of fused-ring (bicyclic) bond motifs is 1. The Balaban J connectivity index is 1.90. The molecule has 2 aromatic carbocycles. The van der Waals surface area contributed by atoms with E-state index in [1.807, 2.05) is 55.5 Å². The Morgan fingerprint density at radius 3 is 2.64 bits per heavy atom. The molecule has 1 unspecified atom stereocenters. The second-order valence-electron chi connectivity index (χ2n) is 5.13. The molecule has 0 aliphatic carbocycles. The van der Waals surface area contributed by atoms with Gasteiger partial charge in [0.05, 0.1) is 11.2 Å². The van der Waals surface area contributed by atoms with Crippen LogP contribution in [-0.4, -0.2) is 16.1 Å². The van der Waals surface area contributed by atoms with Gasteiger partial charge in [0.15, 0.2) is 0 Å². The topological polar surface area (TPSA) is 61.0 Å². The molecule has 2 N–H and O–H groups in total. The van der Waals surface area contributed by atoms with Gasteiger partial charge in [-0.3, -0.25) is 0 Å². The van der Waals surface area contributed by atoms with Crippen molar-refractivity contribution in [2.24, 2.45) is 0 Å². The van der Waals surface area contributed by atoms with E-state index >= 15 is 0 Å². The van der Waals surface area contributed by atoms with Crippen molar-refractivity contribution >= 4 is 28.2 Å². The van der Waals surface area contributed by atoms with Crippen LogP contribution in [0.2, 0.25) is 5.28 Å². The molecule has 0 radical (unpaired) electrons. The fourth-order valence-electron chi connectivity index (χ4n) is 2.45. The monoisotopic (exact) mass is 313 g/mol. The molecule has 3 rings (SSSR count). The van der Waals surface area contributed by atoms with Crippen LogP contribution >= 0.6 is 11.6 Å². The average Bonchev–Trinajstić information content (AvgIpc) is 2.47. The number of nitrogens with zero attached hydrogens (tertiary/aromatic N) is 2. The first kappa shape index (κ1) is 14.6. The number of hydrogen-bond donors (Lipinski definition) is 1. The Morgan fingerprint density at radius 1 is 1.09 bits per heavy atom. The summed E-state index contributed by atoms with van der Waals surface area (Å²) in [6.45, 7) is 1.99. The summed E-state index contributed by atoms with van der Waals surface area (Å²) < 4.78 is 5.90. The largest absolute Gasteiger partial charge is 0.490 e. The number of aromatic nitrogens is 2. The highest BCUT2D eigenvalue weighted by molar-refractivity contribution is 6.28. The third-order valence-electron chi connectivity index (χ3n) is 3.36. The van der Waals surface area contributed by atoms with Crippen molar-refractivity contribution < 1.29 is 4.74 Å². The van der Waals surface area contributed by atoms with E-state index in [1.54, 1.807) is 0 Å². The average molecular weight is 314 g/mol. The zero-order valence-corrected chi connectivity index (χ0v) is 12.9. The van der Waals surface area contributed by atoms with Crippen LogP contribution in [0, 0.1) is 0 Å². The summed E-state index contributed by atoms with van der Waals surface area (Å²) in [4.78, 5) is 8.56. The van der Waals surface area contributed by atoms with Crippen LogP contribution in [0.5, 0.6) is 5.75 Å². The van der Waals surface area contributed by atoms with Crippen LogP contribution < -0.4 is 10.5 Å². The maximum atomic E-state index is 6.07. The third-order valence-corrected chi connectivity index (χ3v) is 3.53. The van der Waals surface area contributed by atoms with Gasteiger partial charge in [-0.25, -0.2) is 9.97 Å². The zero-order valence-electron chi connectivity index (χ0n) is 12.2. The minimum atomic E-state index is -0.0591. The molecular weight excluding hydrogens is 298 g/mol. The summed E-state index contributed by atoms with van der Waals surface area (Å²) in [6.07, 6.45) is 0.540. The van der Waals surface area contributed by atoms with E-state index in [0.29, 0.717) is 12.1 Å². The molecule has 3 aromatic rings. The van der Waals surface area contributed by atoms with Gasteiger partial charge in [0.25, 0.3) is 0 Å². The number of nitrogens with two attached hydrogens (primary N) is 1. The normalized spacial score (nSPS) is 12.3. The van der Waals surface area contributed by atoms with Crippen molar-refractivity contribution in [3.63, 3.8) is 0 Å². The number of para-hydroxylation sites is 1. The number of anilines is 1. The lowest BCUT2D eigenvalue weighted by Crippen LogP contribution is -2.16. The van der Waals surface area contributed by atoms with Gasteiger partial charge in [0.2, 0.25) is 5.28 Å². The van der Waals surface area contributed by atoms with E-state index in [9.17, 15) is 0 Å². The summed E-state index contributed by atoms with van der Waals surface area (Å²) in [6, 6.07) is 15.3. The molecule has 1 atom stereocenters. The lowest BCUT2D eigenvalue weighted by Gasteiger charge is -2.16. The fourth-order valence-corrected chi connectivity index (χ4v) is 2.64. The molecule has 0 aliphatic rings. The molecule has 0 saturated heterocycles. The van der Waals surface area contributed by atoms with Gasteiger partial charge in [-0.2, -0.15) is 0 Å². The molecule has 0 spiro atoms. The Bertz CT molecular complexity index is 793. The Morgan fingerprint density at radius 2 is 1.86 bits per heavy atom. The van der Waals surface area contributed by atoms with E-state index in [0.717, 1.165) is 22.3 Å². The highest BCUT2D eigenvalue weighted by Crippen LogP contribution is 2.25. The number of ether oxygens (including phenoxy) is 1. The SMILES string of the molecule is CC(Cc1nc(Cl)nc2cccc(N)c12)Oc1ccccc1. The minimum Gasteiger partial charge on any atom is -0.490 e. The van der Waals surface area contributed by atoms with Gasteiger partial charge >= 0.3 is 0 Å². The number of halogens is 1. The Kier molecular flexibility index (Phi) is 4.11. The molecule has 4 nitrogen and oxygen atoms in total. The maximum Gasteiger partial charge on any atom is 0.223 e. The van der Waals surface area contributed by atoms with E-state index in [4.69, 9.17) is 22.1 Å². The number of hydrogen-bond acceptors (Lipinski definition) is 4. The van der Waals surface area contributed by atoms with Gasteiger partial charge in [-0.15, -0.1) is 0 Å². The minimum absolute atomic E-state index is 0.0591. The first-order valence-corrected chi connectivity index (χ1v) is 7.43. The second-order valence-corrected chi connectivity index (χ2v) is 5.46. The first-order chi connectivity index (χ1) is 10.6. The fraction of sp³-hybridized carbons (Fsp3) is 0.176. The number of benzene rings is 2. The van der Waals surface area contributed by atoms with Crippen LogP contribution in [0.1, 0.15) is 12.6 Å². The summed E-state index contributed by atoms with van der Waals surface area (Å²) in [5, 5.41) is 1.07.